The molecule has 0 radical (unpaired) electrons. The molecule has 0 aliphatic carbocycles. The van der Waals surface area contributed by atoms with E-state index in [1.165, 1.54) is 0 Å². The fourth-order valence-electron chi connectivity index (χ4n) is 0.930. The number of hydrogen-bond acceptors (Lipinski definition) is 2. The van der Waals surface area contributed by atoms with E-state index in [4.69, 9.17) is 10.2 Å². The van der Waals surface area contributed by atoms with Crippen molar-refractivity contribution in [3.8, 4) is 0 Å². The molecule has 2 N–H and O–H groups in total. The van der Waals surface area contributed by atoms with Crippen molar-refractivity contribution in [2.24, 2.45) is 5.92 Å². The second-order valence-electron chi connectivity index (χ2n) is 2.94. The summed E-state index contributed by atoms with van der Waals surface area (Å²) in [5.74, 6) is -0.432. The van der Waals surface area contributed by atoms with Gasteiger partial charge in [-0.3, -0.25) is 0 Å². The number of aliphatic hydroxyl groups is 1. The van der Waals surface area contributed by atoms with Gasteiger partial charge in [0, 0.05) is 12.7 Å². The predicted octanol–water partition coefficient (Wildman–Crippen LogP) is 1.43. The smallest absolute Gasteiger partial charge is 0.327 e. The molecule has 3 nitrogen and oxygen atoms in total. The third-order valence-corrected chi connectivity index (χ3v) is 1.71. The summed E-state index contributed by atoms with van der Waals surface area (Å²) in [6.07, 6.45) is 5.31. The van der Waals surface area contributed by atoms with Crippen LogP contribution in [0.1, 0.15) is 26.2 Å². The molecule has 0 aromatic heterocycles. The molecular weight excluding hydrogens is 156 g/mol. The van der Waals surface area contributed by atoms with Gasteiger partial charge < -0.3 is 10.2 Å². The molecule has 0 spiro atoms. The second kappa shape index (κ2) is 6.85. The molecule has 0 bridgehead atoms. The number of carboxylic acid groups (broad SMARTS) is 1. The summed E-state index contributed by atoms with van der Waals surface area (Å²) in [4.78, 5) is 10.0. The van der Waals surface area contributed by atoms with E-state index in [1.54, 1.807) is 6.08 Å². The van der Waals surface area contributed by atoms with Crippen LogP contribution >= 0.6 is 0 Å². The Kier molecular flexibility index (Phi) is 6.38. The number of hydrogen-bond donors (Lipinski definition) is 2. The van der Waals surface area contributed by atoms with Crippen LogP contribution in [0.4, 0.5) is 0 Å². The van der Waals surface area contributed by atoms with Crippen LogP contribution in [0, 0.1) is 5.92 Å². The van der Waals surface area contributed by atoms with Crippen LogP contribution in [0.3, 0.4) is 0 Å². The molecule has 0 amide bonds. The number of aliphatic hydroxyl groups excluding tert-OH is 1. The first-order valence-electron chi connectivity index (χ1n) is 4.17. The van der Waals surface area contributed by atoms with E-state index in [0.29, 0.717) is 5.92 Å². The predicted molar refractivity (Wildman–Crippen MR) is 46.9 cm³/mol. The van der Waals surface area contributed by atoms with Gasteiger partial charge in [-0.2, -0.15) is 0 Å². The maximum Gasteiger partial charge on any atom is 0.327 e. The molecule has 0 fully saturated rings. The SMILES string of the molecule is CC(CCO)CC/C=C/C(=O)O. The Hall–Kier alpha value is -0.830. The van der Waals surface area contributed by atoms with Crippen molar-refractivity contribution in [1.29, 1.82) is 0 Å². The molecule has 3 heteroatoms. The van der Waals surface area contributed by atoms with Gasteiger partial charge in [0.1, 0.15) is 0 Å². The van der Waals surface area contributed by atoms with E-state index in [-0.39, 0.29) is 6.61 Å². The molecule has 12 heavy (non-hydrogen) atoms. The Bertz CT molecular complexity index is 152. The van der Waals surface area contributed by atoms with E-state index in [2.05, 4.69) is 0 Å². The lowest BCUT2D eigenvalue weighted by molar-refractivity contribution is -0.131. The van der Waals surface area contributed by atoms with Crippen LogP contribution in [0.5, 0.6) is 0 Å². The van der Waals surface area contributed by atoms with Gasteiger partial charge in [-0.1, -0.05) is 13.0 Å². The first-order valence-corrected chi connectivity index (χ1v) is 4.17. The summed E-state index contributed by atoms with van der Waals surface area (Å²) in [7, 11) is 0. The zero-order valence-corrected chi connectivity index (χ0v) is 7.36. The maximum atomic E-state index is 10.0. The fraction of sp³-hybridized carbons (Fsp3) is 0.667. The number of rotatable bonds is 6. The summed E-state index contributed by atoms with van der Waals surface area (Å²) >= 11 is 0. The van der Waals surface area contributed by atoms with Crippen LogP contribution in [-0.2, 0) is 4.79 Å². The van der Waals surface area contributed by atoms with Gasteiger partial charge in [0.2, 0.25) is 0 Å². The molecule has 0 aromatic carbocycles. The number of carbonyl (C=O) groups is 1. The first kappa shape index (κ1) is 11.2. The Morgan fingerprint density at radius 1 is 1.50 bits per heavy atom. The third kappa shape index (κ3) is 7.28. The summed E-state index contributed by atoms with van der Waals surface area (Å²) in [5.41, 5.74) is 0. The highest BCUT2D eigenvalue weighted by Gasteiger charge is 1.98. The third-order valence-electron chi connectivity index (χ3n) is 1.71. The van der Waals surface area contributed by atoms with Crippen LogP contribution < -0.4 is 0 Å². The van der Waals surface area contributed by atoms with Crippen LogP contribution in [0.15, 0.2) is 12.2 Å². The van der Waals surface area contributed by atoms with Gasteiger partial charge in [-0.05, 0) is 25.2 Å². The average molecular weight is 172 g/mol. The highest BCUT2D eigenvalue weighted by atomic mass is 16.4. The van der Waals surface area contributed by atoms with Gasteiger partial charge in [0.25, 0.3) is 0 Å². The molecule has 1 atom stereocenters. The van der Waals surface area contributed by atoms with Crippen molar-refractivity contribution in [1.82, 2.24) is 0 Å². The van der Waals surface area contributed by atoms with Crippen LogP contribution in [-0.4, -0.2) is 22.8 Å². The molecule has 0 saturated heterocycles. The van der Waals surface area contributed by atoms with Crippen molar-refractivity contribution in [3.05, 3.63) is 12.2 Å². The minimum absolute atomic E-state index is 0.212. The second-order valence-corrected chi connectivity index (χ2v) is 2.94. The number of aliphatic carboxylic acids is 1. The van der Waals surface area contributed by atoms with Gasteiger partial charge in [-0.15, -0.1) is 0 Å². The van der Waals surface area contributed by atoms with Crippen LogP contribution in [0.2, 0.25) is 0 Å². The van der Waals surface area contributed by atoms with E-state index in [1.807, 2.05) is 6.92 Å². The van der Waals surface area contributed by atoms with Crippen molar-refractivity contribution in [3.63, 3.8) is 0 Å². The lowest BCUT2D eigenvalue weighted by Crippen LogP contribution is -1.97. The largest absolute Gasteiger partial charge is 0.478 e. The Morgan fingerprint density at radius 2 is 2.17 bits per heavy atom. The van der Waals surface area contributed by atoms with Crippen molar-refractivity contribution in [2.45, 2.75) is 26.2 Å². The highest BCUT2D eigenvalue weighted by Crippen LogP contribution is 2.09. The van der Waals surface area contributed by atoms with Crippen LogP contribution in [0.25, 0.3) is 0 Å². The quantitative estimate of drug-likeness (QED) is 0.596. The monoisotopic (exact) mass is 172 g/mol. The number of carboxylic acids is 1. The average Bonchev–Trinajstić information content (AvgIpc) is 1.98. The van der Waals surface area contributed by atoms with Gasteiger partial charge in [-0.25, -0.2) is 4.79 Å². The highest BCUT2D eigenvalue weighted by molar-refractivity contribution is 5.79. The molecule has 0 rings (SSSR count). The normalized spacial score (nSPS) is 13.5. The molecular formula is C9H16O3. The van der Waals surface area contributed by atoms with E-state index >= 15 is 0 Å². The van der Waals surface area contributed by atoms with Gasteiger partial charge >= 0.3 is 5.97 Å². The van der Waals surface area contributed by atoms with Crippen molar-refractivity contribution in [2.75, 3.05) is 6.61 Å². The standard InChI is InChI=1S/C9H16O3/c1-8(6-7-10)4-2-3-5-9(11)12/h3,5,8,10H,2,4,6-7H2,1H3,(H,11,12)/b5-3+. The molecule has 0 aliphatic heterocycles. The molecule has 70 valence electrons. The summed E-state index contributed by atoms with van der Waals surface area (Å²) in [6, 6.07) is 0. The van der Waals surface area contributed by atoms with Gasteiger partial charge in [0.05, 0.1) is 0 Å². The summed E-state index contributed by atoms with van der Waals surface area (Å²) in [6.45, 7) is 2.26. The Labute approximate surface area is 72.7 Å². The lowest BCUT2D eigenvalue weighted by Gasteiger charge is -2.05. The molecule has 0 aromatic rings. The topological polar surface area (TPSA) is 57.5 Å². The van der Waals surface area contributed by atoms with Crippen molar-refractivity contribution < 1.29 is 15.0 Å². The molecule has 0 saturated carbocycles. The lowest BCUT2D eigenvalue weighted by atomic mass is 10.0. The van der Waals surface area contributed by atoms with Gasteiger partial charge in [0.15, 0.2) is 0 Å². The van der Waals surface area contributed by atoms with Crippen molar-refractivity contribution >= 4 is 5.97 Å². The zero-order chi connectivity index (χ0) is 9.40. The maximum absolute atomic E-state index is 10.0. The molecule has 0 heterocycles. The zero-order valence-electron chi connectivity index (χ0n) is 7.36. The fourth-order valence-corrected chi connectivity index (χ4v) is 0.930. The Morgan fingerprint density at radius 3 is 2.67 bits per heavy atom. The molecule has 1 unspecified atom stereocenters. The summed E-state index contributed by atoms with van der Waals surface area (Å²) in [5, 5.41) is 16.8. The van der Waals surface area contributed by atoms with E-state index in [0.717, 1.165) is 25.3 Å². The van der Waals surface area contributed by atoms with E-state index in [9.17, 15) is 4.79 Å². The molecule has 0 aliphatic rings. The Balaban J connectivity index is 3.36. The number of allylic oxidation sites excluding steroid dienone is 1. The first-order chi connectivity index (χ1) is 5.66. The summed E-state index contributed by atoms with van der Waals surface area (Å²) < 4.78 is 0. The van der Waals surface area contributed by atoms with E-state index < -0.39 is 5.97 Å². The minimum Gasteiger partial charge on any atom is -0.478 e. The minimum atomic E-state index is -0.898.